The number of aromatic nitrogens is 2. The van der Waals surface area contributed by atoms with Crippen molar-refractivity contribution in [3.63, 3.8) is 0 Å². The molecule has 0 amide bonds. The Morgan fingerprint density at radius 1 is 1.26 bits per heavy atom. The van der Waals surface area contributed by atoms with Crippen LogP contribution in [0.1, 0.15) is 17.0 Å². The standard InChI is InChI=1S/C12H16N4O2S/c13-7-10-3-1-2-4-11(10)9-19(17,18)16-8-12-14-5-6-15-12/h1-6,16H,7-9,13H2,(H,14,15). The Balaban J connectivity index is 2.04. The molecule has 0 atom stereocenters. The summed E-state index contributed by atoms with van der Waals surface area (Å²) in [6, 6.07) is 7.25. The normalized spacial score (nSPS) is 11.6. The highest BCUT2D eigenvalue weighted by atomic mass is 32.2. The minimum atomic E-state index is -3.41. The quantitative estimate of drug-likeness (QED) is 0.716. The van der Waals surface area contributed by atoms with E-state index in [0.717, 1.165) is 11.1 Å². The maximum Gasteiger partial charge on any atom is 0.216 e. The third-order valence-corrected chi connectivity index (χ3v) is 3.97. The first kappa shape index (κ1) is 13.7. The lowest BCUT2D eigenvalue weighted by atomic mass is 10.1. The van der Waals surface area contributed by atoms with Gasteiger partial charge in [-0.2, -0.15) is 0 Å². The van der Waals surface area contributed by atoms with E-state index in [2.05, 4.69) is 14.7 Å². The first-order valence-corrected chi connectivity index (χ1v) is 7.48. The van der Waals surface area contributed by atoms with Crippen molar-refractivity contribution in [2.45, 2.75) is 18.8 Å². The van der Waals surface area contributed by atoms with E-state index in [-0.39, 0.29) is 12.3 Å². The molecular formula is C12H16N4O2S. The number of nitrogens with one attached hydrogen (secondary N) is 2. The lowest BCUT2D eigenvalue weighted by Gasteiger charge is -2.09. The van der Waals surface area contributed by atoms with Crippen molar-refractivity contribution < 1.29 is 8.42 Å². The van der Waals surface area contributed by atoms with Crippen molar-refractivity contribution in [1.82, 2.24) is 14.7 Å². The molecule has 2 rings (SSSR count). The summed E-state index contributed by atoms with van der Waals surface area (Å²) in [4.78, 5) is 6.80. The van der Waals surface area contributed by atoms with Gasteiger partial charge in [0.1, 0.15) is 5.82 Å². The largest absolute Gasteiger partial charge is 0.347 e. The fourth-order valence-corrected chi connectivity index (χ4v) is 2.88. The summed E-state index contributed by atoms with van der Waals surface area (Å²) in [5, 5.41) is 0. The molecule has 2 aromatic rings. The fraction of sp³-hybridized carbons (Fsp3) is 0.250. The van der Waals surface area contributed by atoms with Gasteiger partial charge in [0.25, 0.3) is 0 Å². The number of hydrogen-bond acceptors (Lipinski definition) is 4. The zero-order valence-electron chi connectivity index (χ0n) is 10.3. The predicted molar refractivity (Wildman–Crippen MR) is 72.4 cm³/mol. The Hall–Kier alpha value is -1.70. The van der Waals surface area contributed by atoms with E-state index in [4.69, 9.17) is 5.73 Å². The second-order valence-electron chi connectivity index (χ2n) is 4.09. The van der Waals surface area contributed by atoms with E-state index < -0.39 is 10.0 Å². The maximum atomic E-state index is 12.0. The Morgan fingerprint density at radius 3 is 2.63 bits per heavy atom. The van der Waals surface area contributed by atoms with Crippen molar-refractivity contribution in [1.29, 1.82) is 0 Å². The summed E-state index contributed by atoms with van der Waals surface area (Å²) in [6.45, 7) is 0.476. The molecule has 1 aromatic carbocycles. The van der Waals surface area contributed by atoms with Crippen LogP contribution in [0.2, 0.25) is 0 Å². The minimum Gasteiger partial charge on any atom is -0.347 e. The Labute approximate surface area is 112 Å². The molecular weight excluding hydrogens is 264 g/mol. The van der Waals surface area contributed by atoms with E-state index in [1.54, 1.807) is 24.5 Å². The molecule has 0 aliphatic rings. The Morgan fingerprint density at radius 2 is 2.00 bits per heavy atom. The minimum absolute atomic E-state index is 0.0823. The van der Waals surface area contributed by atoms with Crippen molar-refractivity contribution in [3.05, 3.63) is 53.6 Å². The average Bonchev–Trinajstić information content (AvgIpc) is 2.90. The molecule has 0 radical (unpaired) electrons. The molecule has 1 aromatic heterocycles. The van der Waals surface area contributed by atoms with Gasteiger partial charge in [0.05, 0.1) is 12.3 Å². The topological polar surface area (TPSA) is 101 Å². The van der Waals surface area contributed by atoms with Crippen molar-refractivity contribution in [2.75, 3.05) is 0 Å². The average molecular weight is 280 g/mol. The van der Waals surface area contributed by atoms with E-state index in [0.29, 0.717) is 12.4 Å². The molecule has 0 unspecified atom stereocenters. The van der Waals surface area contributed by atoms with Gasteiger partial charge in [0, 0.05) is 18.9 Å². The van der Waals surface area contributed by atoms with Crippen LogP contribution in [-0.2, 0) is 28.9 Å². The predicted octanol–water partition coefficient (Wildman–Crippen LogP) is 0.488. The van der Waals surface area contributed by atoms with Gasteiger partial charge in [-0.05, 0) is 11.1 Å². The number of sulfonamides is 1. The van der Waals surface area contributed by atoms with Gasteiger partial charge in [0.15, 0.2) is 0 Å². The molecule has 102 valence electrons. The number of benzene rings is 1. The van der Waals surface area contributed by atoms with Crippen LogP contribution >= 0.6 is 0 Å². The molecule has 6 nitrogen and oxygen atoms in total. The summed E-state index contributed by atoms with van der Waals surface area (Å²) in [5.41, 5.74) is 7.15. The number of aromatic amines is 1. The van der Waals surface area contributed by atoms with Gasteiger partial charge in [0.2, 0.25) is 10.0 Å². The SMILES string of the molecule is NCc1ccccc1CS(=O)(=O)NCc1ncc[nH]1. The van der Waals surface area contributed by atoms with Crippen LogP contribution in [-0.4, -0.2) is 18.4 Å². The molecule has 0 spiro atoms. The van der Waals surface area contributed by atoms with Gasteiger partial charge in [-0.3, -0.25) is 0 Å². The molecule has 0 bridgehead atoms. The van der Waals surface area contributed by atoms with Crippen molar-refractivity contribution in [2.24, 2.45) is 5.73 Å². The van der Waals surface area contributed by atoms with Crippen molar-refractivity contribution >= 4 is 10.0 Å². The van der Waals surface area contributed by atoms with E-state index in [9.17, 15) is 8.42 Å². The van der Waals surface area contributed by atoms with E-state index in [1.165, 1.54) is 0 Å². The third kappa shape index (κ3) is 3.88. The molecule has 0 fully saturated rings. The third-order valence-electron chi connectivity index (χ3n) is 2.70. The molecule has 19 heavy (non-hydrogen) atoms. The highest BCUT2D eigenvalue weighted by Gasteiger charge is 2.13. The van der Waals surface area contributed by atoms with Gasteiger partial charge < -0.3 is 10.7 Å². The van der Waals surface area contributed by atoms with Crippen LogP contribution in [0, 0.1) is 0 Å². The second kappa shape index (κ2) is 5.96. The monoisotopic (exact) mass is 280 g/mol. The number of rotatable bonds is 6. The van der Waals surface area contributed by atoms with E-state index >= 15 is 0 Å². The summed E-state index contributed by atoms with van der Waals surface area (Å²) < 4.78 is 26.4. The molecule has 0 saturated carbocycles. The van der Waals surface area contributed by atoms with Crippen LogP contribution in [0.5, 0.6) is 0 Å². The van der Waals surface area contributed by atoms with Crippen molar-refractivity contribution in [3.8, 4) is 0 Å². The highest BCUT2D eigenvalue weighted by Crippen LogP contribution is 2.11. The van der Waals surface area contributed by atoms with Gasteiger partial charge >= 0.3 is 0 Å². The van der Waals surface area contributed by atoms with Crippen LogP contribution in [0.15, 0.2) is 36.7 Å². The molecule has 0 aliphatic heterocycles. The summed E-state index contributed by atoms with van der Waals surface area (Å²) >= 11 is 0. The summed E-state index contributed by atoms with van der Waals surface area (Å²) in [7, 11) is -3.41. The number of H-pyrrole nitrogens is 1. The lowest BCUT2D eigenvalue weighted by molar-refractivity contribution is 0.578. The summed E-state index contributed by atoms with van der Waals surface area (Å²) in [6.07, 6.45) is 3.22. The van der Waals surface area contributed by atoms with Crippen LogP contribution in [0.3, 0.4) is 0 Å². The van der Waals surface area contributed by atoms with Gasteiger partial charge in [-0.15, -0.1) is 0 Å². The molecule has 0 saturated heterocycles. The number of hydrogen-bond donors (Lipinski definition) is 3. The van der Waals surface area contributed by atoms with Crippen LogP contribution < -0.4 is 10.5 Å². The fourth-order valence-electron chi connectivity index (χ4n) is 1.73. The first-order valence-electron chi connectivity index (χ1n) is 5.83. The smallest absolute Gasteiger partial charge is 0.216 e. The molecule has 4 N–H and O–H groups in total. The van der Waals surface area contributed by atoms with E-state index in [1.807, 2.05) is 12.1 Å². The van der Waals surface area contributed by atoms with Crippen LogP contribution in [0.4, 0.5) is 0 Å². The second-order valence-corrected chi connectivity index (χ2v) is 5.90. The number of nitrogens with zero attached hydrogens (tertiary/aromatic N) is 1. The number of imidazole rings is 1. The zero-order chi connectivity index (χ0) is 13.7. The molecule has 0 aliphatic carbocycles. The lowest BCUT2D eigenvalue weighted by Crippen LogP contribution is -2.25. The maximum absolute atomic E-state index is 12.0. The first-order chi connectivity index (χ1) is 9.11. The Bertz CT molecular complexity index is 623. The zero-order valence-corrected chi connectivity index (χ0v) is 11.2. The van der Waals surface area contributed by atoms with Gasteiger partial charge in [-0.25, -0.2) is 18.1 Å². The molecule has 1 heterocycles. The van der Waals surface area contributed by atoms with Crippen LogP contribution in [0.25, 0.3) is 0 Å². The van der Waals surface area contributed by atoms with Gasteiger partial charge in [-0.1, -0.05) is 24.3 Å². The Kier molecular flexibility index (Phi) is 4.31. The number of nitrogens with two attached hydrogens (primary N) is 1. The highest BCUT2D eigenvalue weighted by molar-refractivity contribution is 7.88. The molecule has 7 heteroatoms. The summed E-state index contributed by atoms with van der Waals surface area (Å²) in [5.74, 6) is 0.497.